The SMILES string of the molecule is Nc1ccc(Cl)cc1NC(=O)CCN1CCCO1. The number of nitrogens with two attached hydrogens (primary N) is 1. The van der Waals surface area contributed by atoms with Crippen molar-refractivity contribution in [3.63, 3.8) is 0 Å². The van der Waals surface area contributed by atoms with Gasteiger partial charge in [-0.3, -0.25) is 9.63 Å². The van der Waals surface area contributed by atoms with E-state index < -0.39 is 0 Å². The molecule has 1 aromatic carbocycles. The maximum absolute atomic E-state index is 11.7. The molecular formula is C12H16ClN3O2. The lowest BCUT2D eigenvalue weighted by atomic mass is 10.2. The summed E-state index contributed by atoms with van der Waals surface area (Å²) in [5.41, 5.74) is 6.80. The fraction of sp³-hybridized carbons (Fsp3) is 0.417. The summed E-state index contributed by atoms with van der Waals surface area (Å²) >= 11 is 5.85. The van der Waals surface area contributed by atoms with Gasteiger partial charge in [0, 0.05) is 24.5 Å². The standard InChI is InChI=1S/C12H16ClN3O2/c13-9-2-3-10(14)11(8-9)15-12(17)4-6-16-5-1-7-18-16/h2-3,8H,1,4-7,14H2,(H,15,17). The molecule has 1 aromatic rings. The monoisotopic (exact) mass is 269 g/mol. The van der Waals surface area contributed by atoms with E-state index in [0.29, 0.717) is 29.4 Å². The molecule has 0 aromatic heterocycles. The molecule has 3 N–H and O–H groups in total. The summed E-state index contributed by atoms with van der Waals surface area (Å²) < 4.78 is 0. The largest absolute Gasteiger partial charge is 0.397 e. The van der Waals surface area contributed by atoms with E-state index in [9.17, 15) is 4.79 Å². The second-order valence-electron chi connectivity index (χ2n) is 4.15. The maximum atomic E-state index is 11.7. The Labute approximate surface area is 111 Å². The van der Waals surface area contributed by atoms with Crippen LogP contribution in [0.3, 0.4) is 0 Å². The Morgan fingerprint density at radius 1 is 1.56 bits per heavy atom. The fourth-order valence-electron chi connectivity index (χ4n) is 1.75. The predicted octanol–water partition coefficient (Wildman–Crippen LogP) is 1.89. The lowest BCUT2D eigenvalue weighted by Gasteiger charge is -2.13. The first-order valence-electron chi connectivity index (χ1n) is 5.88. The van der Waals surface area contributed by atoms with E-state index in [1.165, 1.54) is 0 Å². The molecule has 0 saturated carbocycles. The Hall–Kier alpha value is -1.30. The van der Waals surface area contributed by atoms with Crippen LogP contribution in [0, 0.1) is 0 Å². The molecule has 1 amide bonds. The Morgan fingerprint density at radius 2 is 2.39 bits per heavy atom. The zero-order valence-corrected chi connectivity index (χ0v) is 10.7. The number of hydroxylamine groups is 2. The van der Waals surface area contributed by atoms with Gasteiger partial charge >= 0.3 is 0 Å². The normalized spacial score (nSPS) is 15.8. The van der Waals surface area contributed by atoms with Crippen LogP contribution in [0.15, 0.2) is 18.2 Å². The number of nitrogen functional groups attached to an aromatic ring is 1. The minimum Gasteiger partial charge on any atom is -0.397 e. The molecule has 6 heteroatoms. The van der Waals surface area contributed by atoms with Gasteiger partial charge in [0.1, 0.15) is 0 Å². The summed E-state index contributed by atoms with van der Waals surface area (Å²) in [5, 5.41) is 5.09. The van der Waals surface area contributed by atoms with Gasteiger partial charge in [-0.05, 0) is 24.6 Å². The number of hydrogen-bond donors (Lipinski definition) is 2. The molecule has 2 rings (SSSR count). The van der Waals surface area contributed by atoms with Crippen LogP contribution in [-0.4, -0.2) is 30.7 Å². The number of carbonyl (C=O) groups is 1. The van der Waals surface area contributed by atoms with Crippen LogP contribution < -0.4 is 11.1 Å². The van der Waals surface area contributed by atoms with Gasteiger partial charge < -0.3 is 11.1 Å². The molecule has 0 unspecified atom stereocenters. The topological polar surface area (TPSA) is 67.6 Å². The van der Waals surface area contributed by atoms with Gasteiger partial charge in [-0.1, -0.05) is 11.6 Å². The van der Waals surface area contributed by atoms with Crippen molar-refractivity contribution >= 4 is 28.9 Å². The smallest absolute Gasteiger partial charge is 0.225 e. The Morgan fingerprint density at radius 3 is 3.11 bits per heavy atom. The van der Waals surface area contributed by atoms with Crippen molar-refractivity contribution in [1.29, 1.82) is 0 Å². The zero-order chi connectivity index (χ0) is 13.0. The average Bonchev–Trinajstić information content (AvgIpc) is 2.84. The van der Waals surface area contributed by atoms with Crippen LogP contribution >= 0.6 is 11.6 Å². The summed E-state index contributed by atoms with van der Waals surface area (Å²) in [4.78, 5) is 17.0. The van der Waals surface area contributed by atoms with Gasteiger partial charge in [0.2, 0.25) is 5.91 Å². The Bertz CT molecular complexity index is 433. The number of benzene rings is 1. The van der Waals surface area contributed by atoms with Gasteiger partial charge in [0.05, 0.1) is 18.0 Å². The van der Waals surface area contributed by atoms with Crippen molar-refractivity contribution in [3.05, 3.63) is 23.2 Å². The molecular weight excluding hydrogens is 254 g/mol. The zero-order valence-electron chi connectivity index (χ0n) is 9.99. The molecule has 98 valence electrons. The second-order valence-corrected chi connectivity index (χ2v) is 4.58. The quantitative estimate of drug-likeness (QED) is 0.819. The fourth-order valence-corrected chi connectivity index (χ4v) is 1.92. The lowest BCUT2D eigenvalue weighted by molar-refractivity contribution is -0.126. The maximum Gasteiger partial charge on any atom is 0.225 e. The predicted molar refractivity (Wildman–Crippen MR) is 71.3 cm³/mol. The molecule has 0 aliphatic carbocycles. The third-order valence-electron chi connectivity index (χ3n) is 2.70. The van der Waals surface area contributed by atoms with Crippen molar-refractivity contribution in [2.75, 3.05) is 30.7 Å². The molecule has 0 radical (unpaired) electrons. The first kappa shape index (κ1) is 13.1. The van der Waals surface area contributed by atoms with Crippen molar-refractivity contribution in [3.8, 4) is 0 Å². The van der Waals surface area contributed by atoms with Crippen LogP contribution in [0.4, 0.5) is 11.4 Å². The number of anilines is 2. The van der Waals surface area contributed by atoms with Gasteiger partial charge in [-0.25, -0.2) is 0 Å². The minimum atomic E-state index is -0.0977. The highest BCUT2D eigenvalue weighted by molar-refractivity contribution is 6.31. The summed E-state index contributed by atoms with van der Waals surface area (Å²) in [6, 6.07) is 4.99. The van der Waals surface area contributed by atoms with E-state index in [0.717, 1.165) is 19.6 Å². The number of carbonyl (C=O) groups excluding carboxylic acids is 1. The summed E-state index contributed by atoms with van der Waals surface area (Å²) in [6.07, 6.45) is 1.38. The molecule has 1 heterocycles. The molecule has 18 heavy (non-hydrogen) atoms. The van der Waals surface area contributed by atoms with Gasteiger partial charge in [0.25, 0.3) is 0 Å². The average molecular weight is 270 g/mol. The summed E-state index contributed by atoms with van der Waals surface area (Å²) in [7, 11) is 0. The van der Waals surface area contributed by atoms with Crippen LogP contribution in [-0.2, 0) is 9.63 Å². The first-order valence-corrected chi connectivity index (χ1v) is 6.26. The van der Waals surface area contributed by atoms with E-state index in [-0.39, 0.29) is 5.91 Å². The lowest BCUT2D eigenvalue weighted by Crippen LogP contribution is -2.24. The number of amides is 1. The molecule has 1 aliphatic heterocycles. The number of hydrogen-bond acceptors (Lipinski definition) is 4. The highest BCUT2D eigenvalue weighted by Gasteiger charge is 2.14. The van der Waals surface area contributed by atoms with Gasteiger partial charge in [-0.2, -0.15) is 5.06 Å². The third kappa shape index (κ3) is 3.60. The van der Waals surface area contributed by atoms with Crippen molar-refractivity contribution in [1.82, 2.24) is 5.06 Å². The highest BCUT2D eigenvalue weighted by atomic mass is 35.5. The van der Waals surface area contributed by atoms with Crippen molar-refractivity contribution in [2.45, 2.75) is 12.8 Å². The first-order chi connectivity index (χ1) is 8.65. The van der Waals surface area contributed by atoms with E-state index in [1.807, 2.05) is 0 Å². The van der Waals surface area contributed by atoms with Crippen LogP contribution in [0.25, 0.3) is 0 Å². The Kier molecular flexibility index (Phi) is 4.41. The molecule has 0 bridgehead atoms. The molecule has 1 fully saturated rings. The number of nitrogens with zero attached hydrogens (tertiary/aromatic N) is 1. The van der Waals surface area contributed by atoms with Gasteiger partial charge in [0.15, 0.2) is 0 Å². The molecule has 0 spiro atoms. The van der Waals surface area contributed by atoms with E-state index in [2.05, 4.69) is 5.32 Å². The number of halogens is 1. The van der Waals surface area contributed by atoms with E-state index in [1.54, 1.807) is 23.3 Å². The molecule has 0 atom stereocenters. The molecule has 1 saturated heterocycles. The third-order valence-corrected chi connectivity index (χ3v) is 2.94. The van der Waals surface area contributed by atoms with Gasteiger partial charge in [-0.15, -0.1) is 0 Å². The summed E-state index contributed by atoms with van der Waals surface area (Å²) in [6.45, 7) is 2.21. The molecule has 5 nitrogen and oxygen atoms in total. The second kappa shape index (κ2) is 6.04. The number of rotatable bonds is 4. The highest BCUT2D eigenvalue weighted by Crippen LogP contribution is 2.23. The van der Waals surface area contributed by atoms with Crippen molar-refractivity contribution in [2.24, 2.45) is 0 Å². The van der Waals surface area contributed by atoms with Crippen LogP contribution in [0.1, 0.15) is 12.8 Å². The summed E-state index contributed by atoms with van der Waals surface area (Å²) in [5.74, 6) is -0.0977. The van der Waals surface area contributed by atoms with E-state index in [4.69, 9.17) is 22.2 Å². The minimum absolute atomic E-state index is 0.0977. The van der Waals surface area contributed by atoms with Crippen LogP contribution in [0.2, 0.25) is 5.02 Å². The van der Waals surface area contributed by atoms with E-state index >= 15 is 0 Å². The Balaban J connectivity index is 1.84. The van der Waals surface area contributed by atoms with Crippen LogP contribution in [0.5, 0.6) is 0 Å². The number of nitrogens with one attached hydrogen (secondary N) is 1. The van der Waals surface area contributed by atoms with Crippen molar-refractivity contribution < 1.29 is 9.63 Å². The molecule has 1 aliphatic rings.